The maximum absolute atomic E-state index is 11.8. The van der Waals surface area contributed by atoms with E-state index >= 15 is 0 Å². The van der Waals surface area contributed by atoms with Crippen LogP contribution >= 0.6 is 0 Å². The molecular formula is C15H21N5O5. The molecule has 0 aliphatic heterocycles. The number of benzene rings is 1. The van der Waals surface area contributed by atoms with Crippen molar-refractivity contribution in [1.82, 2.24) is 20.9 Å². The van der Waals surface area contributed by atoms with Crippen molar-refractivity contribution in [1.29, 1.82) is 0 Å². The average molecular weight is 351 g/mol. The molecular weight excluding hydrogens is 330 g/mol. The van der Waals surface area contributed by atoms with Crippen molar-refractivity contribution >= 4 is 11.7 Å². The van der Waals surface area contributed by atoms with E-state index in [2.05, 4.69) is 25.6 Å². The van der Waals surface area contributed by atoms with Crippen molar-refractivity contribution in [2.45, 2.75) is 6.54 Å². The Balaban J connectivity index is 1.83. The molecule has 4 N–H and O–H groups in total. The zero-order chi connectivity index (χ0) is 18.2. The fraction of sp³-hybridized carbons (Fsp3) is 0.400. The van der Waals surface area contributed by atoms with Gasteiger partial charge in [-0.2, -0.15) is 0 Å². The van der Waals surface area contributed by atoms with Crippen LogP contribution in [0.2, 0.25) is 0 Å². The monoisotopic (exact) mass is 351 g/mol. The minimum atomic E-state index is -0.437. The van der Waals surface area contributed by atoms with Gasteiger partial charge < -0.3 is 30.6 Å². The Hall–Kier alpha value is -3.01. The maximum Gasteiger partial charge on any atom is 0.277 e. The lowest BCUT2D eigenvalue weighted by Gasteiger charge is -2.14. The van der Waals surface area contributed by atoms with Crippen molar-refractivity contribution < 1.29 is 23.6 Å². The molecule has 1 aromatic carbocycles. The van der Waals surface area contributed by atoms with E-state index in [0.29, 0.717) is 36.9 Å². The van der Waals surface area contributed by atoms with E-state index in [-0.39, 0.29) is 11.5 Å². The summed E-state index contributed by atoms with van der Waals surface area (Å²) in [5, 5.41) is 12.6. The first-order valence-corrected chi connectivity index (χ1v) is 7.46. The Kier molecular flexibility index (Phi) is 6.40. The molecule has 0 saturated heterocycles. The number of nitrogen functional groups attached to an aromatic ring is 1. The van der Waals surface area contributed by atoms with Crippen LogP contribution in [0.5, 0.6) is 17.2 Å². The van der Waals surface area contributed by atoms with Crippen LogP contribution in [0.4, 0.5) is 5.82 Å². The summed E-state index contributed by atoms with van der Waals surface area (Å²) in [7, 11) is 4.68. The van der Waals surface area contributed by atoms with Gasteiger partial charge in [0.25, 0.3) is 5.91 Å². The highest BCUT2D eigenvalue weighted by Gasteiger charge is 2.15. The van der Waals surface area contributed by atoms with Gasteiger partial charge in [-0.3, -0.25) is 4.79 Å². The van der Waals surface area contributed by atoms with E-state index in [1.54, 1.807) is 21.3 Å². The Labute approximate surface area is 144 Å². The third kappa shape index (κ3) is 4.51. The highest BCUT2D eigenvalue weighted by atomic mass is 16.6. The third-order valence-electron chi connectivity index (χ3n) is 3.37. The number of methoxy groups -OCH3 is 3. The second-order valence-corrected chi connectivity index (χ2v) is 4.96. The topological polar surface area (TPSA) is 134 Å². The van der Waals surface area contributed by atoms with E-state index in [1.807, 2.05) is 12.1 Å². The SMILES string of the molecule is COc1cc(CNCCNC(=O)c2nonc2N)cc(OC)c1OC. The van der Waals surface area contributed by atoms with Gasteiger partial charge in [0, 0.05) is 19.6 Å². The number of aromatic nitrogens is 2. The summed E-state index contributed by atoms with van der Waals surface area (Å²) in [5.41, 5.74) is 6.37. The first kappa shape index (κ1) is 18.3. The number of nitrogens with two attached hydrogens (primary N) is 1. The Morgan fingerprint density at radius 3 is 2.32 bits per heavy atom. The van der Waals surface area contributed by atoms with Crippen molar-refractivity contribution in [2.24, 2.45) is 0 Å². The molecule has 2 rings (SSSR count). The molecule has 0 aliphatic carbocycles. The van der Waals surface area contributed by atoms with Gasteiger partial charge >= 0.3 is 0 Å². The molecule has 1 aromatic heterocycles. The van der Waals surface area contributed by atoms with Gasteiger partial charge in [0.05, 0.1) is 21.3 Å². The number of hydrogen-bond donors (Lipinski definition) is 3. The highest BCUT2D eigenvalue weighted by Crippen LogP contribution is 2.38. The van der Waals surface area contributed by atoms with E-state index in [4.69, 9.17) is 19.9 Å². The summed E-state index contributed by atoms with van der Waals surface area (Å²) in [4.78, 5) is 11.8. The van der Waals surface area contributed by atoms with Crippen LogP contribution in [-0.4, -0.2) is 50.6 Å². The standard InChI is InChI=1S/C15H21N5O5/c1-22-10-6-9(7-11(23-2)13(10)24-3)8-17-4-5-18-15(21)12-14(16)20-25-19-12/h6-7,17H,4-5,8H2,1-3H3,(H2,16,20)(H,18,21). The lowest BCUT2D eigenvalue weighted by Crippen LogP contribution is -2.32. The number of carbonyl (C=O) groups is 1. The summed E-state index contributed by atoms with van der Waals surface area (Å²) < 4.78 is 20.3. The lowest BCUT2D eigenvalue weighted by atomic mass is 10.2. The molecule has 0 atom stereocenters. The van der Waals surface area contributed by atoms with Crippen molar-refractivity contribution in [3.05, 3.63) is 23.4 Å². The molecule has 10 heteroatoms. The zero-order valence-corrected chi connectivity index (χ0v) is 14.3. The van der Waals surface area contributed by atoms with Gasteiger partial charge in [0.1, 0.15) is 0 Å². The molecule has 1 amide bonds. The molecule has 0 unspecified atom stereocenters. The van der Waals surface area contributed by atoms with Gasteiger partial charge in [0.2, 0.25) is 17.3 Å². The van der Waals surface area contributed by atoms with Gasteiger partial charge in [-0.1, -0.05) is 0 Å². The van der Waals surface area contributed by atoms with Crippen LogP contribution in [0.25, 0.3) is 0 Å². The Bertz CT molecular complexity index is 693. The second-order valence-electron chi connectivity index (χ2n) is 4.96. The Morgan fingerprint density at radius 1 is 1.12 bits per heavy atom. The predicted octanol–water partition coefficient (Wildman–Crippen LogP) is 0.197. The molecule has 0 spiro atoms. The number of anilines is 1. The van der Waals surface area contributed by atoms with E-state index in [0.717, 1.165) is 5.56 Å². The fourth-order valence-corrected chi connectivity index (χ4v) is 2.17. The molecule has 1 heterocycles. The van der Waals surface area contributed by atoms with Gasteiger partial charge in [0.15, 0.2) is 11.5 Å². The summed E-state index contributed by atoms with van der Waals surface area (Å²) >= 11 is 0. The zero-order valence-electron chi connectivity index (χ0n) is 14.3. The lowest BCUT2D eigenvalue weighted by molar-refractivity contribution is 0.0944. The number of carbonyl (C=O) groups excluding carboxylic acids is 1. The summed E-state index contributed by atoms with van der Waals surface area (Å²) in [6.07, 6.45) is 0. The van der Waals surface area contributed by atoms with Crippen molar-refractivity contribution in [3.63, 3.8) is 0 Å². The smallest absolute Gasteiger partial charge is 0.277 e. The van der Waals surface area contributed by atoms with Crippen molar-refractivity contribution in [3.8, 4) is 17.2 Å². The number of ether oxygens (including phenoxy) is 3. The number of hydrogen-bond acceptors (Lipinski definition) is 9. The number of rotatable bonds is 9. The summed E-state index contributed by atoms with van der Waals surface area (Å²) in [6, 6.07) is 3.71. The minimum absolute atomic E-state index is 0.0235. The summed E-state index contributed by atoms with van der Waals surface area (Å²) in [6.45, 7) is 1.48. The Morgan fingerprint density at radius 2 is 1.80 bits per heavy atom. The van der Waals surface area contributed by atoms with E-state index in [1.165, 1.54) is 0 Å². The van der Waals surface area contributed by atoms with Crippen LogP contribution in [0.15, 0.2) is 16.8 Å². The minimum Gasteiger partial charge on any atom is -0.493 e. The largest absolute Gasteiger partial charge is 0.493 e. The first-order valence-electron chi connectivity index (χ1n) is 7.46. The maximum atomic E-state index is 11.8. The first-order chi connectivity index (χ1) is 12.1. The summed E-state index contributed by atoms with van der Waals surface area (Å²) in [5.74, 6) is 1.23. The van der Waals surface area contributed by atoms with Crippen LogP contribution in [0, 0.1) is 0 Å². The second kappa shape index (κ2) is 8.73. The predicted molar refractivity (Wildman–Crippen MR) is 88.8 cm³/mol. The quantitative estimate of drug-likeness (QED) is 0.541. The highest BCUT2D eigenvalue weighted by molar-refractivity contribution is 5.95. The van der Waals surface area contributed by atoms with Crippen LogP contribution in [0.3, 0.4) is 0 Å². The molecule has 0 saturated carbocycles. The number of nitrogens with one attached hydrogen (secondary N) is 2. The molecule has 0 bridgehead atoms. The molecule has 2 aromatic rings. The van der Waals surface area contributed by atoms with Gasteiger partial charge in [-0.25, -0.2) is 4.63 Å². The average Bonchev–Trinajstić information content (AvgIpc) is 3.06. The van der Waals surface area contributed by atoms with E-state index in [9.17, 15) is 4.79 Å². The molecule has 10 nitrogen and oxygen atoms in total. The molecule has 25 heavy (non-hydrogen) atoms. The van der Waals surface area contributed by atoms with Crippen LogP contribution in [-0.2, 0) is 6.54 Å². The number of amides is 1. The van der Waals surface area contributed by atoms with Crippen molar-refractivity contribution in [2.75, 3.05) is 40.2 Å². The van der Waals surface area contributed by atoms with Crippen LogP contribution < -0.4 is 30.6 Å². The molecule has 0 radical (unpaired) electrons. The van der Waals surface area contributed by atoms with Gasteiger partial charge in [-0.05, 0) is 28.0 Å². The fourth-order valence-electron chi connectivity index (χ4n) is 2.17. The van der Waals surface area contributed by atoms with Gasteiger partial charge in [-0.15, -0.1) is 0 Å². The van der Waals surface area contributed by atoms with E-state index < -0.39 is 5.91 Å². The normalized spacial score (nSPS) is 10.4. The molecule has 136 valence electrons. The van der Waals surface area contributed by atoms with Crippen LogP contribution in [0.1, 0.15) is 16.1 Å². The molecule has 0 aliphatic rings. The third-order valence-corrected chi connectivity index (χ3v) is 3.37. The number of nitrogens with zero attached hydrogens (tertiary/aromatic N) is 2. The molecule has 0 fully saturated rings.